The van der Waals surface area contributed by atoms with Crippen molar-refractivity contribution >= 4 is 22.9 Å². The number of H-pyrrole nitrogens is 1. The van der Waals surface area contributed by atoms with Gasteiger partial charge in [-0.15, -0.1) is 0 Å². The number of benzene rings is 1. The van der Waals surface area contributed by atoms with E-state index < -0.39 is 0 Å². The van der Waals surface area contributed by atoms with Crippen molar-refractivity contribution in [1.82, 2.24) is 9.97 Å². The van der Waals surface area contributed by atoms with E-state index in [1.54, 1.807) is 6.92 Å². The van der Waals surface area contributed by atoms with Gasteiger partial charge in [0.15, 0.2) is 0 Å². The van der Waals surface area contributed by atoms with Crippen molar-refractivity contribution < 1.29 is 13.9 Å². The molecule has 0 saturated carbocycles. The number of carbonyl (C=O) groups excluding carboxylic acids is 1. The summed E-state index contributed by atoms with van der Waals surface area (Å²) in [7, 11) is 0. The van der Waals surface area contributed by atoms with Gasteiger partial charge in [0.25, 0.3) is 6.01 Å². The van der Waals surface area contributed by atoms with Crippen LogP contribution in [0.5, 0.6) is 0 Å². The third kappa shape index (κ3) is 2.47. The largest absolute Gasteiger partial charge is 0.466 e. The highest BCUT2D eigenvalue weighted by atomic mass is 16.5. The summed E-state index contributed by atoms with van der Waals surface area (Å²) >= 11 is 0. The molecule has 0 aliphatic rings. The Morgan fingerprint density at radius 2 is 2.24 bits per heavy atom. The molecule has 3 aromatic rings. The summed E-state index contributed by atoms with van der Waals surface area (Å²) in [5, 5.41) is 0.963. The van der Waals surface area contributed by atoms with Gasteiger partial charge in [0.2, 0.25) is 0 Å². The average molecular weight is 285 g/mol. The van der Waals surface area contributed by atoms with Crippen molar-refractivity contribution in [1.29, 1.82) is 0 Å². The van der Waals surface area contributed by atoms with Gasteiger partial charge in [-0.25, -0.2) is 0 Å². The first-order valence-electron chi connectivity index (χ1n) is 6.65. The summed E-state index contributed by atoms with van der Waals surface area (Å²) in [4.78, 5) is 19.2. The van der Waals surface area contributed by atoms with Crippen molar-refractivity contribution in [3.8, 4) is 11.3 Å². The monoisotopic (exact) mass is 285 g/mol. The molecular weight excluding hydrogens is 270 g/mol. The van der Waals surface area contributed by atoms with Crippen LogP contribution >= 0.6 is 0 Å². The molecule has 21 heavy (non-hydrogen) atoms. The number of nitrogens with one attached hydrogen (secondary N) is 1. The van der Waals surface area contributed by atoms with E-state index in [2.05, 4.69) is 9.97 Å². The van der Waals surface area contributed by atoms with Crippen LogP contribution in [0, 0.1) is 0 Å². The van der Waals surface area contributed by atoms with Crippen LogP contribution in [-0.2, 0) is 16.0 Å². The van der Waals surface area contributed by atoms with Crippen LogP contribution in [-0.4, -0.2) is 22.5 Å². The van der Waals surface area contributed by atoms with Crippen LogP contribution in [0.2, 0.25) is 0 Å². The van der Waals surface area contributed by atoms with Gasteiger partial charge in [-0.05, 0) is 13.0 Å². The number of esters is 1. The van der Waals surface area contributed by atoms with Crippen molar-refractivity contribution in [2.75, 3.05) is 12.3 Å². The Morgan fingerprint density at radius 3 is 2.95 bits per heavy atom. The van der Waals surface area contributed by atoms with E-state index in [-0.39, 0.29) is 18.4 Å². The van der Waals surface area contributed by atoms with Gasteiger partial charge in [0.05, 0.1) is 13.0 Å². The zero-order chi connectivity index (χ0) is 14.8. The number of aromatic amines is 1. The second-order valence-corrected chi connectivity index (χ2v) is 4.58. The highest BCUT2D eigenvalue weighted by molar-refractivity contribution is 5.97. The van der Waals surface area contributed by atoms with Crippen LogP contribution in [0.25, 0.3) is 22.2 Å². The zero-order valence-corrected chi connectivity index (χ0v) is 11.6. The number of anilines is 1. The number of hydrogen-bond donors (Lipinski definition) is 2. The van der Waals surface area contributed by atoms with Gasteiger partial charge < -0.3 is 19.9 Å². The molecule has 0 radical (unpaired) electrons. The van der Waals surface area contributed by atoms with Gasteiger partial charge in [0, 0.05) is 22.2 Å². The minimum Gasteiger partial charge on any atom is -0.466 e. The summed E-state index contributed by atoms with van der Waals surface area (Å²) in [5.41, 5.74) is 8.63. The number of oxazole rings is 1. The lowest BCUT2D eigenvalue weighted by molar-refractivity contribution is -0.142. The molecular formula is C15H15N3O3. The number of ether oxygens (including phenoxy) is 1. The molecule has 1 aromatic carbocycles. The van der Waals surface area contributed by atoms with Crippen LogP contribution in [0.15, 0.2) is 34.9 Å². The van der Waals surface area contributed by atoms with Crippen LogP contribution in [0.3, 0.4) is 0 Å². The van der Waals surface area contributed by atoms with E-state index in [1.165, 1.54) is 6.26 Å². The minimum absolute atomic E-state index is 0.0948. The predicted molar refractivity (Wildman–Crippen MR) is 78.5 cm³/mol. The Morgan fingerprint density at radius 1 is 1.43 bits per heavy atom. The van der Waals surface area contributed by atoms with E-state index in [9.17, 15) is 4.79 Å². The number of nitrogens with zero attached hydrogens (tertiary/aromatic N) is 1. The fraction of sp³-hybridized carbons (Fsp3) is 0.200. The van der Waals surface area contributed by atoms with Crippen LogP contribution in [0.1, 0.15) is 12.6 Å². The smallest absolute Gasteiger partial charge is 0.311 e. The number of rotatable bonds is 4. The first-order chi connectivity index (χ1) is 10.2. The lowest BCUT2D eigenvalue weighted by Gasteiger charge is -2.02. The molecule has 0 atom stereocenters. The lowest BCUT2D eigenvalue weighted by Crippen LogP contribution is -2.08. The second-order valence-electron chi connectivity index (χ2n) is 4.58. The van der Waals surface area contributed by atoms with Gasteiger partial charge in [-0.1, -0.05) is 18.2 Å². The molecule has 0 spiro atoms. The fourth-order valence-electron chi connectivity index (χ4n) is 2.38. The molecule has 0 bridgehead atoms. The molecule has 108 valence electrons. The van der Waals surface area contributed by atoms with E-state index in [0.29, 0.717) is 12.3 Å². The molecule has 0 fully saturated rings. The maximum atomic E-state index is 11.8. The van der Waals surface area contributed by atoms with Crippen molar-refractivity contribution in [2.45, 2.75) is 13.3 Å². The summed E-state index contributed by atoms with van der Waals surface area (Å²) in [6.07, 6.45) is 1.63. The summed E-state index contributed by atoms with van der Waals surface area (Å²) in [6.45, 7) is 2.13. The molecule has 0 aliphatic heterocycles. The Hall–Kier alpha value is -2.76. The molecule has 3 rings (SSSR count). The summed E-state index contributed by atoms with van der Waals surface area (Å²) < 4.78 is 10.1. The zero-order valence-electron chi connectivity index (χ0n) is 11.6. The predicted octanol–water partition coefficient (Wildman–Crippen LogP) is 2.51. The summed E-state index contributed by atoms with van der Waals surface area (Å²) in [5.74, 6) is -0.290. The number of hydrogen-bond acceptors (Lipinski definition) is 5. The number of para-hydroxylation sites is 1. The van der Waals surface area contributed by atoms with Gasteiger partial charge >= 0.3 is 5.97 Å². The number of carbonyl (C=O) groups is 1. The number of nitrogen functional groups attached to an aromatic ring is 1. The van der Waals surface area contributed by atoms with E-state index in [1.807, 2.05) is 24.3 Å². The normalized spacial score (nSPS) is 10.9. The highest BCUT2D eigenvalue weighted by Gasteiger charge is 2.18. The average Bonchev–Trinajstić information content (AvgIpc) is 3.01. The maximum Gasteiger partial charge on any atom is 0.311 e. The third-order valence-corrected chi connectivity index (χ3v) is 3.19. The van der Waals surface area contributed by atoms with Gasteiger partial charge in [-0.2, -0.15) is 4.98 Å². The molecule has 0 saturated heterocycles. The summed E-state index contributed by atoms with van der Waals surface area (Å²) in [6, 6.07) is 7.85. The minimum atomic E-state index is -0.290. The van der Waals surface area contributed by atoms with Crippen molar-refractivity contribution in [3.63, 3.8) is 0 Å². The number of aromatic nitrogens is 2. The molecule has 0 amide bonds. The van der Waals surface area contributed by atoms with Crippen LogP contribution < -0.4 is 5.73 Å². The Kier molecular flexibility index (Phi) is 3.35. The Labute approximate surface area is 120 Å². The van der Waals surface area contributed by atoms with Gasteiger partial charge in [0.1, 0.15) is 12.0 Å². The van der Waals surface area contributed by atoms with Crippen LogP contribution in [0.4, 0.5) is 6.01 Å². The lowest BCUT2D eigenvalue weighted by atomic mass is 10.1. The van der Waals surface area contributed by atoms with E-state index in [0.717, 1.165) is 22.2 Å². The number of fused-ring (bicyclic) bond motifs is 1. The Balaban J connectivity index is 2.12. The van der Waals surface area contributed by atoms with Gasteiger partial charge in [-0.3, -0.25) is 4.79 Å². The molecule has 2 heterocycles. The van der Waals surface area contributed by atoms with Crippen molar-refractivity contribution in [3.05, 3.63) is 36.2 Å². The topological polar surface area (TPSA) is 94.1 Å². The highest BCUT2D eigenvalue weighted by Crippen LogP contribution is 2.32. The SMILES string of the molecule is CCOC(=O)Cc1[nH]c2ccccc2c1-c1coc(N)n1. The Bertz CT molecular complexity index is 788. The molecule has 6 heteroatoms. The number of nitrogens with two attached hydrogens (primary N) is 1. The first kappa shape index (κ1) is 13.2. The van der Waals surface area contributed by atoms with E-state index >= 15 is 0 Å². The third-order valence-electron chi connectivity index (χ3n) is 3.19. The second kappa shape index (κ2) is 5.32. The quantitative estimate of drug-likeness (QED) is 0.718. The standard InChI is InChI=1S/C15H15N3O3/c1-2-20-13(19)7-11-14(12-8-21-15(16)18-12)9-5-3-4-6-10(9)17-11/h3-6,8,17H,2,7H2,1H3,(H2,16,18). The molecule has 2 aromatic heterocycles. The van der Waals surface area contributed by atoms with Crippen molar-refractivity contribution in [2.24, 2.45) is 0 Å². The molecule has 0 aliphatic carbocycles. The maximum absolute atomic E-state index is 11.8. The first-order valence-corrected chi connectivity index (χ1v) is 6.65. The molecule has 0 unspecified atom stereocenters. The van der Waals surface area contributed by atoms with E-state index in [4.69, 9.17) is 14.9 Å². The molecule has 6 nitrogen and oxygen atoms in total. The molecule has 3 N–H and O–H groups in total. The fourth-order valence-corrected chi connectivity index (χ4v) is 2.38.